The van der Waals surface area contributed by atoms with Crippen molar-refractivity contribution in [2.24, 2.45) is 5.92 Å². The minimum absolute atomic E-state index is 0.612. The second-order valence-electron chi connectivity index (χ2n) is 5.68. The number of thiophene rings is 1. The van der Waals surface area contributed by atoms with Gasteiger partial charge in [-0.3, -0.25) is 4.90 Å². The molecule has 18 heavy (non-hydrogen) atoms. The van der Waals surface area contributed by atoms with Gasteiger partial charge in [-0.2, -0.15) is 0 Å². The molecule has 2 aliphatic rings. The molecule has 1 aliphatic carbocycles. The van der Waals surface area contributed by atoms with Crippen LogP contribution in [0, 0.1) is 5.92 Å². The summed E-state index contributed by atoms with van der Waals surface area (Å²) in [6.07, 6.45) is 5.48. The highest BCUT2D eigenvalue weighted by Crippen LogP contribution is 2.39. The Kier molecular flexibility index (Phi) is 4.09. The van der Waals surface area contributed by atoms with E-state index in [1.165, 1.54) is 48.1 Å². The van der Waals surface area contributed by atoms with Crippen LogP contribution in [0.3, 0.4) is 0 Å². The summed E-state index contributed by atoms with van der Waals surface area (Å²) < 4.78 is 1.23. The maximum atomic E-state index is 3.72. The molecule has 3 rings (SSSR count). The Morgan fingerprint density at radius 1 is 1.44 bits per heavy atom. The molecule has 2 heterocycles. The monoisotopic (exact) mass is 328 g/mol. The van der Waals surface area contributed by atoms with Gasteiger partial charge in [-0.15, -0.1) is 11.3 Å². The number of piperidine rings is 1. The molecular weight excluding hydrogens is 308 g/mol. The van der Waals surface area contributed by atoms with Gasteiger partial charge in [0, 0.05) is 33.4 Å². The molecule has 2 unspecified atom stereocenters. The van der Waals surface area contributed by atoms with E-state index in [4.69, 9.17) is 0 Å². The molecule has 0 aromatic carbocycles. The van der Waals surface area contributed by atoms with Crippen LogP contribution in [0.25, 0.3) is 0 Å². The molecule has 1 saturated heterocycles. The third-order valence-corrected chi connectivity index (χ3v) is 5.90. The molecule has 1 aromatic rings. The summed E-state index contributed by atoms with van der Waals surface area (Å²) in [5, 5.41) is 5.93. The zero-order valence-electron chi connectivity index (χ0n) is 10.9. The second-order valence-corrected chi connectivity index (χ2v) is 7.54. The molecule has 0 amide bonds. The van der Waals surface area contributed by atoms with Crippen molar-refractivity contribution in [3.8, 4) is 0 Å². The Hall–Kier alpha value is 0.1000. The van der Waals surface area contributed by atoms with Gasteiger partial charge in [0.05, 0.1) is 0 Å². The molecule has 4 heteroatoms. The van der Waals surface area contributed by atoms with Crippen LogP contribution in [0.15, 0.2) is 15.9 Å². The number of nitrogens with zero attached hydrogens (tertiary/aromatic N) is 1. The number of nitrogens with one attached hydrogen (secondary N) is 1. The topological polar surface area (TPSA) is 15.3 Å². The quantitative estimate of drug-likeness (QED) is 0.907. The number of hydrogen-bond acceptors (Lipinski definition) is 3. The minimum atomic E-state index is 0.612. The predicted octanol–water partition coefficient (Wildman–Crippen LogP) is 3.65. The standard InChI is InChI=1S/C14H21BrN2S/c1-17-6-2-3-10(8-16-12-4-5-12)14(17)13-7-11(15)9-18-13/h7,9-10,12,14,16H,2-6,8H2,1H3. The summed E-state index contributed by atoms with van der Waals surface area (Å²) in [6, 6.07) is 3.75. The highest BCUT2D eigenvalue weighted by Gasteiger charge is 2.32. The van der Waals surface area contributed by atoms with Crippen molar-refractivity contribution in [3.05, 3.63) is 20.8 Å². The van der Waals surface area contributed by atoms with Crippen molar-refractivity contribution in [2.45, 2.75) is 37.8 Å². The van der Waals surface area contributed by atoms with Crippen LogP contribution in [-0.4, -0.2) is 31.1 Å². The van der Waals surface area contributed by atoms with Gasteiger partial charge in [-0.25, -0.2) is 0 Å². The van der Waals surface area contributed by atoms with E-state index in [9.17, 15) is 0 Å². The first kappa shape index (κ1) is 13.1. The van der Waals surface area contributed by atoms with Crippen molar-refractivity contribution in [1.82, 2.24) is 10.2 Å². The molecule has 1 aliphatic heterocycles. The molecule has 2 nitrogen and oxygen atoms in total. The van der Waals surface area contributed by atoms with Crippen molar-refractivity contribution in [2.75, 3.05) is 20.1 Å². The van der Waals surface area contributed by atoms with Crippen molar-refractivity contribution < 1.29 is 0 Å². The predicted molar refractivity (Wildman–Crippen MR) is 81.1 cm³/mol. The zero-order chi connectivity index (χ0) is 12.5. The van der Waals surface area contributed by atoms with Crippen LogP contribution in [-0.2, 0) is 0 Å². The highest BCUT2D eigenvalue weighted by atomic mass is 79.9. The second kappa shape index (κ2) is 5.61. The maximum Gasteiger partial charge on any atom is 0.0479 e. The van der Waals surface area contributed by atoms with Crippen LogP contribution in [0.4, 0.5) is 0 Å². The Morgan fingerprint density at radius 2 is 2.28 bits per heavy atom. The summed E-state index contributed by atoms with van der Waals surface area (Å²) in [5.74, 6) is 0.773. The van der Waals surface area contributed by atoms with Crippen molar-refractivity contribution in [1.29, 1.82) is 0 Å². The molecule has 0 spiro atoms. The summed E-state index contributed by atoms with van der Waals surface area (Å²) >= 11 is 5.48. The number of halogens is 1. The van der Waals surface area contributed by atoms with Gasteiger partial charge in [0.1, 0.15) is 0 Å². The molecule has 1 N–H and O–H groups in total. The van der Waals surface area contributed by atoms with Crippen LogP contribution in [0.1, 0.15) is 36.6 Å². The van der Waals surface area contributed by atoms with Gasteiger partial charge in [0.15, 0.2) is 0 Å². The Bertz CT molecular complexity index is 402. The van der Waals surface area contributed by atoms with Gasteiger partial charge >= 0.3 is 0 Å². The molecule has 2 fully saturated rings. The zero-order valence-corrected chi connectivity index (χ0v) is 13.3. The fraction of sp³-hybridized carbons (Fsp3) is 0.714. The third kappa shape index (κ3) is 2.98. The molecular formula is C14H21BrN2S. The van der Waals surface area contributed by atoms with E-state index in [0.717, 1.165) is 12.0 Å². The summed E-state index contributed by atoms with van der Waals surface area (Å²) in [4.78, 5) is 4.06. The molecule has 0 radical (unpaired) electrons. The fourth-order valence-corrected chi connectivity index (χ4v) is 4.71. The van der Waals surface area contributed by atoms with Crippen LogP contribution >= 0.6 is 27.3 Å². The Morgan fingerprint density at radius 3 is 2.94 bits per heavy atom. The van der Waals surface area contributed by atoms with Gasteiger partial charge in [-0.05, 0) is 67.2 Å². The molecule has 1 aromatic heterocycles. The van der Waals surface area contributed by atoms with E-state index in [2.05, 4.69) is 44.6 Å². The lowest BCUT2D eigenvalue weighted by Gasteiger charge is -2.39. The highest BCUT2D eigenvalue weighted by molar-refractivity contribution is 9.10. The van der Waals surface area contributed by atoms with E-state index in [1.807, 2.05) is 11.3 Å². The molecule has 100 valence electrons. The van der Waals surface area contributed by atoms with Gasteiger partial charge < -0.3 is 5.32 Å². The first-order valence-electron chi connectivity index (χ1n) is 6.91. The lowest BCUT2D eigenvalue weighted by molar-refractivity contribution is 0.122. The van der Waals surface area contributed by atoms with Crippen LogP contribution in [0.5, 0.6) is 0 Å². The Labute approximate surface area is 122 Å². The lowest BCUT2D eigenvalue weighted by atomic mass is 9.88. The summed E-state index contributed by atoms with van der Waals surface area (Å²) in [6.45, 7) is 2.43. The summed E-state index contributed by atoms with van der Waals surface area (Å²) in [7, 11) is 2.28. The van der Waals surface area contributed by atoms with Crippen LogP contribution < -0.4 is 5.32 Å². The fourth-order valence-electron chi connectivity index (χ4n) is 3.01. The number of rotatable bonds is 4. The van der Waals surface area contributed by atoms with Gasteiger partial charge in [-0.1, -0.05) is 0 Å². The normalized spacial score (nSPS) is 29.7. The van der Waals surface area contributed by atoms with E-state index in [1.54, 1.807) is 0 Å². The number of hydrogen-bond donors (Lipinski definition) is 1. The van der Waals surface area contributed by atoms with Crippen molar-refractivity contribution in [3.63, 3.8) is 0 Å². The average molecular weight is 329 g/mol. The van der Waals surface area contributed by atoms with E-state index in [0.29, 0.717) is 6.04 Å². The van der Waals surface area contributed by atoms with E-state index in [-0.39, 0.29) is 0 Å². The van der Waals surface area contributed by atoms with Gasteiger partial charge in [0.25, 0.3) is 0 Å². The SMILES string of the molecule is CN1CCCC(CNC2CC2)C1c1cc(Br)cs1. The maximum absolute atomic E-state index is 3.72. The van der Waals surface area contributed by atoms with Crippen molar-refractivity contribution >= 4 is 27.3 Å². The smallest absolute Gasteiger partial charge is 0.0479 e. The minimum Gasteiger partial charge on any atom is -0.314 e. The van der Waals surface area contributed by atoms with E-state index < -0.39 is 0 Å². The largest absolute Gasteiger partial charge is 0.314 e. The third-order valence-electron chi connectivity index (χ3n) is 4.13. The van der Waals surface area contributed by atoms with E-state index >= 15 is 0 Å². The lowest BCUT2D eigenvalue weighted by Crippen LogP contribution is -2.40. The van der Waals surface area contributed by atoms with Crippen LogP contribution in [0.2, 0.25) is 0 Å². The first-order valence-corrected chi connectivity index (χ1v) is 8.59. The first-order chi connectivity index (χ1) is 8.74. The molecule has 0 bridgehead atoms. The average Bonchev–Trinajstić information content (AvgIpc) is 3.09. The number of likely N-dealkylation sites (tertiary alicyclic amines) is 1. The Balaban J connectivity index is 1.71. The molecule has 2 atom stereocenters. The molecule has 1 saturated carbocycles. The van der Waals surface area contributed by atoms with Gasteiger partial charge in [0.2, 0.25) is 0 Å². The summed E-state index contributed by atoms with van der Waals surface area (Å²) in [5.41, 5.74) is 0.